The SMILES string of the molecule is I.NC(=NCC1CCCO1)NCCCN1CCN(c2ccccc2)CC1. The number of ether oxygens (including phenoxy) is 1. The lowest BCUT2D eigenvalue weighted by atomic mass is 10.2. The Morgan fingerprint density at radius 1 is 1.19 bits per heavy atom. The fourth-order valence-corrected chi connectivity index (χ4v) is 3.43. The Balaban J connectivity index is 0.00000243. The quantitative estimate of drug-likeness (QED) is 0.274. The first kappa shape index (κ1) is 21.2. The molecule has 0 spiro atoms. The van der Waals surface area contributed by atoms with E-state index in [9.17, 15) is 0 Å². The second kappa shape index (κ2) is 11.6. The van der Waals surface area contributed by atoms with Crippen molar-refractivity contribution in [3.63, 3.8) is 0 Å². The Kier molecular flexibility index (Phi) is 9.49. The molecule has 0 bridgehead atoms. The van der Waals surface area contributed by atoms with Crippen LogP contribution in [0.1, 0.15) is 19.3 Å². The topological polar surface area (TPSA) is 66.1 Å². The molecule has 7 heteroatoms. The van der Waals surface area contributed by atoms with Crippen molar-refractivity contribution in [3.8, 4) is 0 Å². The zero-order valence-electron chi connectivity index (χ0n) is 15.5. The smallest absolute Gasteiger partial charge is 0.188 e. The van der Waals surface area contributed by atoms with E-state index in [1.165, 1.54) is 5.69 Å². The third-order valence-electron chi connectivity index (χ3n) is 4.94. The van der Waals surface area contributed by atoms with Gasteiger partial charge in [-0.15, -0.1) is 24.0 Å². The van der Waals surface area contributed by atoms with Gasteiger partial charge in [0.15, 0.2) is 5.96 Å². The third kappa shape index (κ3) is 6.92. The summed E-state index contributed by atoms with van der Waals surface area (Å²) < 4.78 is 5.55. The Hall–Kier alpha value is -1.06. The van der Waals surface area contributed by atoms with Crippen LogP contribution >= 0.6 is 24.0 Å². The maximum Gasteiger partial charge on any atom is 0.188 e. The predicted molar refractivity (Wildman–Crippen MR) is 119 cm³/mol. The van der Waals surface area contributed by atoms with E-state index >= 15 is 0 Å². The fraction of sp³-hybridized carbons (Fsp3) is 0.632. The van der Waals surface area contributed by atoms with Gasteiger partial charge in [-0.05, 0) is 37.9 Å². The summed E-state index contributed by atoms with van der Waals surface area (Å²) in [7, 11) is 0. The first-order valence-corrected chi connectivity index (χ1v) is 9.49. The minimum Gasteiger partial charge on any atom is -0.376 e. The van der Waals surface area contributed by atoms with Gasteiger partial charge in [-0.25, -0.2) is 0 Å². The normalized spacial score (nSPS) is 21.5. The standard InChI is InChI=1S/C19H31N5O.HI/c20-19(22-16-18-8-4-15-25-18)21-9-5-10-23-11-13-24(14-12-23)17-6-2-1-3-7-17;/h1-3,6-7,18H,4-5,8-16H2,(H3,20,21,22);1H. The number of benzene rings is 1. The number of nitrogens with one attached hydrogen (secondary N) is 1. The van der Waals surface area contributed by atoms with Crippen LogP contribution in [0.3, 0.4) is 0 Å². The van der Waals surface area contributed by atoms with Gasteiger partial charge in [0.1, 0.15) is 0 Å². The summed E-state index contributed by atoms with van der Waals surface area (Å²) in [6.45, 7) is 7.97. The highest BCUT2D eigenvalue weighted by Gasteiger charge is 2.16. The van der Waals surface area contributed by atoms with Crippen LogP contribution in [-0.4, -0.2) is 69.4 Å². The predicted octanol–water partition coefficient (Wildman–Crippen LogP) is 1.90. The van der Waals surface area contributed by atoms with Crippen molar-refractivity contribution < 1.29 is 4.74 Å². The van der Waals surface area contributed by atoms with Crippen LogP contribution in [0.4, 0.5) is 5.69 Å². The van der Waals surface area contributed by atoms with E-state index in [-0.39, 0.29) is 30.1 Å². The van der Waals surface area contributed by atoms with Crippen molar-refractivity contribution in [2.45, 2.75) is 25.4 Å². The van der Waals surface area contributed by atoms with E-state index in [0.717, 1.165) is 65.1 Å². The van der Waals surface area contributed by atoms with Gasteiger partial charge in [0.05, 0.1) is 12.6 Å². The number of hydrogen-bond acceptors (Lipinski definition) is 4. The van der Waals surface area contributed by atoms with Crippen LogP contribution in [0.5, 0.6) is 0 Å². The van der Waals surface area contributed by atoms with E-state index < -0.39 is 0 Å². The summed E-state index contributed by atoms with van der Waals surface area (Å²) in [5.74, 6) is 0.546. The Labute approximate surface area is 174 Å². The maximum absolute atomic E-state index is 5.92. The molecule has 0 aliphatic carbocycles. The number of rotatable bonds is 7. The first-order chi connectivity index (χ1) is 12.3. The van der Waals surface area contributed by atoms with Crippen LogP contribution in [0.25, 0.3) is 0 Å². The molecule has 2 saturated heterocycles. The van der Waals surface area contributed by atoms with Gasteiger partial charge in [0.25, 0.3) is 0 Å². The molecule has 146 valence electrons. The number of anilines is 1. The highest BCUT2D eigenvalue weighted by atomic mass is 127. The van der Waals surface area contributed by atoms with Gasteiger partial charge < -0.3 is 20.7 Å². The van der Waals surface area contributed by atoms with Crippen molar-refractivity contribution in [2.75, 3.05) is 57.3 Å². The molecule has 3 rings (SSSR count). The minimum atomic E-state index is 0. The van der Waals surface area contributed by atoms with Crippen LogP contribution in [0.2, 0.25) is 0 Å². The lowest BCUT2D eigenvalue weighted by Crippen LogP contribution is -2.47. The molecule has 2 heterocycles. The highest BCUT2D eigenvalue weighted by Crippen LogP contribution is 2.15. The van der Waals surface area contributed by atoms with E-state index in [0.29, 0.717) is 12.5 Å². The molecule has 1 aromatic rings. The van der Waals surface area contributed by atoms with Crippen LogP contribution in [0.15, 0.2) is 35.3 Å². The molecular formula is C19H32IN5O. The molecule has 1 atom stereocenters. The highest BCUT2D eigenvalue weighted by molar-refractivity contribution is 14.0. The molecule has 1 aromatic carbocycles. The molecule has 1 unspecified atom stereocenters. The largest absolute Gasteiger partial charge is 0.376 e. The third-order valence-corrected chi connectivity index (χ3v) is 4.94. The molecule has 0 aromatic heterocycles. The number of hydrogen-bond donors (Lipinski definition) is 2. The lowest BCUT2D eigenvalue weighted by Gasteiger charge is -2.36. The monoisotopic (exact) mass is 473 g/mol. The van der Waals surface area contributed by atoms with Gasteiger partial charge >= 0.3 is 0 Å². The van der Waals surface area contributed by atoms with Crippen molar-refractivity contribution >= 4 is 35.6 Å². The van der Waals surface area contributed by atoms with Gasteiger partial charge in [0, 0.05) is 45.0 Å². The fourth-order valence-electron chi connectivity index (χ4n) is 3.43. The summed E-state index contributed by atoms with van der Waals surface area (Å²) in [6, 6.07) is 10.7. The van der Waals surface area contributed by atoms with Crippen molar-refractivity contribution in [1.29, 1.82) is 0 Å². The van der Waals surface area contributed by atoms with Crippen molar-refractivity contribution in [2.24, 2.45) is 10.7 Å². The van der Waals surface area contributed by atoms with Crippen molar-refractivity contribution in [3.05, 3.63) is 30.3 Å². The summed E-state index contributed by atoms with van der Waals surface area (Å²) in [4.78, 5) is 9.36. The van der Waals surface area contributed by atoms with E-state index in [1.54, 1.807) is 0 Å². The van der Waals surface area contributed by atoms with Crippen molar-refractivity contribution in [1.82, 2.24) is 10.2 Å². The van der Waals surface area contributed by atoms with Gasteiger partial charge in [0.2, 0.25) is 0 Å². The summed E-state index contributed by atoms with van der Waals surface area (Å²) in [6.07, 6.45) is 3.60. The Bertz CT molecular complexity index is 528. The molecule has 0 radical (unpaired) electrons. The first-order valence-electron chi connectivity index (χ1n) is 9.49. The summed E-state index contributed by atoms with van der Waals surface area (Å²) >= 11 is 0. The molecular weight excluding hydrogens is 441 g/mol. The number of guanidine groups is 1. The molecule has 0 saturated carbocycles. The second-order valence-corrected chi connectivity index (χ2v) is 6.81. The van der Waals surface area contributed by atoms with Gasteiger partial charge in [-0.2, -0.15) is 0 Å². The van der Waals surface area contributed by atoms with Gasteiger partial charge in [-0.1, -0.05) is 18.2 Å². The molecule has 2 aliphatic rings. The molecule has 3 N–H and O–H groups in total. The average molecular weight is 473 g/mol. The number of para-hydroxylation sites is 1. The number of halogens is 1. The summed E-state index contributed by atoms with van der Waals surface area (Å²) in [5, 5.41) is 3.22. The van der Waals surface area contributed by atoms with E-state index in [4.69, 9.17) is 10.5 Å². The number of piperazine rings is 1. The lowest BCUT2D eigenvalue weighted by molar-refractivity contribution is 0.118. The number of aliphatic imine (C=N–C) groups is 1. The second-order valence-electron chi connectivity index (χ2n) is 6.81. The Morgan fingerprint density at radius 2 is 1.96 bits per heavy atom. The van der Waals surface area contributed by atoms with E-state index in [2.05, 4.69) is 50.4 Å². The molecule has 0 amide bonds. The maximum atomic E-state index is 5.92. The molecule has 6 nitrogen and oxygen atoms in total. The molecule has 2 fully saturated rings. The molecule has 2 aliphatic heterocycles. The van der Waals surface area contributed by atoms with Gasteiger partial charge in [-0.3, -0.25) is 9.89 Å². The number of nitrogens with two attached hydrogens (primary N) is 1. The van der Waals surface area contributed by atoms with Crippen LogP contribution in [0, 0.1) is 0 Å². The average Bonchev–Trinajstić information content (AvgIpc) is 3.18. The molecule has 26 heavy (non-hydrogen) atoms. The minimum absolute atomic E-state index is 0. The zero-order valence-corrected chi connectivity index (χ0v) is 17.8. The van der Waals surface area contributed by atoms with Crippen LogP contribution < -0.4 is 16.0 Å². The Morgan fingerprint density at radius 3 is 2.65 bits per heavy atom. The summed E-state index contributed by atoms with van der Waals surface area (Å²) in [5.41, 5.74) is 7.25. The number of nitrogens with zero attached hydrogens (tertiary/aromatic N) is 3. The van der Waals surface area contributed by atoms with E-state index in [1.807, 2.05) is 0 Å². The zero-order chi connectivity index (χ0) is 17.3. The van der Waals surface area contributed by atoms with Crippen LogP contribution in [-0.2, 0) is 4.74 Å².